The van der Waals surface area contributed by atoms with Crippen LogP contribution in [0.4, 0.5) is 5.69 Å². The zero-order chi connectivity index (χ0) is 15.5. The number of carbonyl (C=O) groups is 1. The Morgan fingerprint density at radius 2 is 1.95 bits per heavy atom. The molecule has 0 aliphatic heterocycles. The molecular formula is C13H12ClNO4S2. The molecule has 0 saturated heterocycles. The summed E-state index contributed by atoms with van der Waals surface area (Å²) >= 11 is 6.99. The quantitative estimate of drug-likeness (QED) is 0.842. The van der Waals surface area contributed by atoms with Gasteiger partial charge in [0, 0.05) is 11.8 Å². The summed E-state index contributed by atoms with van der Waals surface area (Å²) in [6.07, 6.45) is 0.376. The maximum atomic E-state index is 12.1. The van der Waals surface area contributed by atoms with Crippen LogP contribution in [0.15, 0.2) is 40.6 Å². The maximum absolute atomic E-state index is 12.1. The first-order chi connectivity index (χ1) is 9.87. The highest BCUT2D eigenvalue weighted by Gasteiger charge is 2.14. The molecule has 2 aromatic rings. The van der Waals surface area contributed by atoms with Gasteiger partial charge in [0.25, 0.3) is 10.0 Å². The molecule has 8 heteroatoms. The second kappa shape index (κ2) is 6.46. The minimum Gasteiger partial charge on any atom is -0.481 e. The summed E-state index contributed by atoms with van der Waals surface area (Å²) in [4.78, 5) is 10.6. The fourth-order valence-corrected chi connectivity index (χ4v) is 3.59. The standard InChI is InChI=1S/C13H12ClNO4S2/c14-12-7-10(8-20-12)15-21(18,19)11-4-1-9(2-5-11)3-6-13(16)17/h1-2,4-5,7-8,15H,3,6H2,(H,16,17). The lowest BCUT2D eigenvalue weighted by molar-refractivity contribution is -0.136. The number of hydrogen-bond acceptors (Lipinski definition) is 4. The van der Waals surface area contributed by atoms with Gasteiger partial charge in [-0.2, -0.15) is 0 Å². The highest BCUT2D eigenvalue weighted by molar-refractivity contribution is 7.92. The molecule has 2 N–H and O–H groups in total. The Kier molecular flexibility index (Phi) is 4.87. The molecule has 0 unspecified atom stereocenters. The van der Waals surface area contributed by atoms with Gasteiger partial charge in [-0.3, -0.25) is 9.52 Å². The number of rotatable bonds is 6. The van der Waals surface area contributed by atoms with E-state index in [-0.39, 0.29) is 11.3 Å². The van der Waals surface area contributed by atoms with Crippen molar-refractivity contribution in [2.45, 2.75) is 17.7 Å². The fraction of sp³-hybridized carbons (Fsp3) is 0.154. The third-order valence-electron chi connectivity index (χ3n) is 2.68. The molecule has 0 radical (unpaired) electrons. The van der Waals surface area contributed by atoms with E-state index in [9.17, 15) is 13.2 Å². The van der Waals surface area contributed by atoms with E-state index < -0.39 is 16.0 Å². The Hall–Kier alpha value is -1.57. The van der Waals surface area contributed by atoms with E-state index >= 15 is 0 Å². The van der Waals surface area contributed by atoms with Gasteiger partial charge in [0.05, 0.1) is 14.9 Å². The van der Waals surface area contributed by atoms with Crippen molar-refractivity contribution in [2.75, 3.05) is 4.72 Å². The molecule has 0 fully saturated rings. The molecule has 5 nitrogen and oxygen atoms in total. The predicted octanol–water partition coefficient (Wildman–Crippen LogP) is 3.22. The van der Waals surface area contributed by atoms with Crippen LogP contribution >= 0.6 is 22.9 Å². The van der Waals surface area contributed by atoms with E-state index in [2.05, 4.69) is 4.72 Å². The number of sulfonamides is 1. The average molecular weight is 346 g/mol. The van der Waals surface area contributed by atoms with E-state index in [1.54, 1.807) is 17.5 Å². The molecule has 1 heterocycles. The summed E-state index contributed by atoms with van der Waals surface area (Å²) in [6.45, 7) is 0. The largest absolute Gasteiger partial charge is 0.481 e. The number of halogens is 1. The molecule has 0 aliphatic rings. The lowest BCUT2D eigenvalue weighted by Crippen LogP contribution is -2.12. The summed E-state index contributed by atoms with van der Waals surface area (Å²) in [6, 6.07) is 7.65. The van der Waals surface area contributed by atoms with Gasteiger partial charge < -0.3 is 5.11 Å². The molecule has 0 bridgehead atoms. The molecular weight excluding hydrogens is 334 g/mol. The minimum absolute atomic E-state index is 0.0117. The predicted molar refractivity (Wildman–Crippen MR) is 82.5 cm³/mol. The molecule has 112 valence electrons. The molecule has 1 aromatic carbocycles. The van der Waals surface area contributed by atoms with Gasteiger partial charge >= 0.3 is 5.97 Å². The summed E-state index contributed by atoms with van der Waals surface area (Å²) in [5.74, 6) is -0.886. The minimum atomic E-state index is -3.67. The van der Waals surface area contributed by atoms with Crippen LogP contribution in [-0.2, 0) is 21.2 Å². The lowest BCUT2D eigenvalue weighted by Gasteiger charge is -2.07. The van der Waals surface area contributed by atoms with Gasteiger partial charge in [0.2, 0.25) is 0 Å². The van der Waals surface area contributed by atoms with Gasteiger partial charge in [0.15, 0.2) is 0 Å². The average Bonchev–Trinajstić information content (AvgIpc) is 2.81. The summed E-state index contributed by atoms with van der Waals surface area (Å²) in [5.41, 5.74) is 1.19. The van der Waals surface area contributed by atoms with E-state index in [1.165, 1.54) is 29.5 Å². The summed E-state index contributed by atoms with van der Waals surface area (Å²) in [7, 11) is -3.67. The van der Waals surface area contributed by atoms with Crippen LogP contribution in [0.1, 0.15) is 12.0 Å². The van der Waals surface area contributed by atoms with Crippen LogP contribution in [0.2, 0.25) is 4.34 Å². The third-order valence-corrected chi connectivity index (χ3v) is 5.17. The summed E-state index contributed by atoms with van der Waals surface area (Å²) < 4.78 is 27.2. The number of aliphatic carboxylic acids is 1. The first-order valence-electron chi connectivity index (χ1n) is 5.94. The van der Waals surface area contributed by atoms with Crippen LogP contribution in [0, 0.1) is 0 Å². The molecule has 0 saturated carbocycles. The van der Waals surface area contributed by atoms with E-state index in [1.807, 2.05) is 0 Å². The van der Waals surface area contributed by atoms with Crippen molar-refractivity contribution in [3.8, 4) is 0 Å². The van der Waals surface area contributed by atoms with Gasteiger partial charge in [-0.15, -0.1) is 11.3 Å². The third kappa shape index (κ3) is 4.45. The first kappa shape index (κ1) is 15.8. The molecule has 21 heavy (non-hydrogen) atoms. The van der Waals surface area contributed by atoms with Crippen LogP contribution in [-0.4, -0.2) is 19.5 Å². The normalized spacial score (nSPS) is 11.3. The van der Waals surface area contributed by atoms with Gasteiger partial charge in [-0.25, -0.2) is 8.42 Å². The van der Waals surface area contributed by atoms with E-state index in [0.29, 0.717) is 16.4 Å². The summed E-state index contributed by atoms with van der Waals surface area (Å²) in [5, 5.41) is 10.2. The zero-order valence-corrected chi connectivity index (χ0v) is 13.1. The highest BCUT2D eigenvalue weighted by Crippen LogP contribution is 2.26. The van der Waals surface area contributed by atoms with Crippen LogP contribution in [0.3, 0.4) is 0 Å². The smallest absolute Gasteiger partial charge is 0.303 e. The first-order valence-corrected chi connectivity index (χ1v) is 8.68. The van der Waals surface area contributed by atoms with Crippen molar-refractivity contribution in [3.63, 3.8) is 0 Å². The zero-order valence-electron chi connectivity index (χ0n) is 10.7. The van der Waals surface area contributed by atoms with Crippen molar-refractivity contribution in [1.82, 2.24) is 0 Å². The van der Waals surface area contributed by atoms with Crippen LogP contribution < -0.4 is 4.72 Å². The Bertz CT molecular complexity index is 738. The van der Waals surface area contributed by atoms with Crippen molar-refractivity contribution in [1.29, 1.82) is 0 Å². The number of thiophene rings is 1. The Morgan fingerprint density at radius 3 is 2.48 bits per heavy atom. The molecule has 0 spiro atoms. The fourth-order valence-electron chi connectivity index (χ4n) is 1.66. The number of carboxylic acid groups (broad SMARTS) is 1. The Labute approximate surface area is 131 Å². The van der Waals surface area contributed by atoms with Crippen molar-refractivity contribution >= 4 is 44.6 Å². The topological polar surface area (TPSA) is 83.5 Å². The van der Waals surface area contributed by atoms with E-state index in [4.69, 9.17) is 16.7 Å². The SMILES string of the molecule is O=C(O)CCc1ccc(S(=O)(=O)Nc2csc(Cl)c2)cc1. The second-order valence-electron chi connectivity index (χ2n) is 4.28. The number of anilines is 1. The van der Waals surface area contributed by atoms with Crippen molar-refractivity contribution in [2.24, 2.45) is 0 Å². The molecule has 2 rings (SSSR count). The lowest BCUT2D eigenvalue weighted by atomic mass is 10.1. The van der Waals surface area contributed by atoms with Crippen molar-refractivity contribution < 1.29 is 18.3 Å². The van der Waals surface area contributed by atoms with E-state index in [0.717, 1.165) is 5.56 Å². The Morgan fingerprint density at radius 1 is 1.29 bits per heavy atom. The molecule has 0 aliphatic carbocycles. The van der Waals surface area contributed by atoms with Crippen LogP contribution in [0.25, 0.3) is 0 Å². The molecule has 0 atom stereocenters. The van der Waals surface area contributed by atoms with Gasteiger partial charge in [-0.1, -0.05) is 23.7 Å². The molecule has 0 amide bonds. The number of aryl methyl sites for hydroxylation is 1. The number of carboxylic acids is 1. The maximum Gasteiger partial charge on any atom is 0.303 e. The van der Waals surface area contributed by atoms with Gasteiger partial charge in [-0.05, 0) is 30.2 Å². The van der Waals surface area contributed by atoms with Crippen molar-refractivity contribution in [3.05, 3.63) is 45.6 Å². The number of benzene rings is 1. The monoisotopic (exact) mass is 345 g/mol. The molecule has 1 aromatic heterocycles. The number of hydrogen-bond donors (Lipinski definition) is 2. The Balaban J connectivity index is 2.11. The van der Waals surface area contributed by atoms with Crippen LogP contribution in [0.5, 0.6) is 0 Å². The number of nitrogens with one attached hydrogen (secondary N) is 1. The second-order valence-corrected chi connectivity index (χ2v) is 7.51. The van der Waals surface area contributed by atoms with Gasteiger partial charge in [0.1, 0.15) is 0 Å². The highest BCUT2D eigenvalue weighted by atomic mass is 35.5.